The van der Waals surface area contributed by atoms with E-state index >= 15 is 0 Å². The molecule has 0 aromatic heterocycles. The van der Waals surface area contributed by atoms with Crippen molar-refractivity contribution in [3.63, 3.8) is 0 Å². The summed E-state index contributed by atoms with van der Waals surface area (Å²) in [6.07, 6.45) is 1.88. The van der Waals surface area contributed by atoms with Crippen molar-refractivity contribution in [3.05, 3.63) is 35.9 Å². The highest BCUT2D eigenvalue weighted by Crippen LogP contribution is 2.34. The summed E-state index contributed by atoms with van der Waals surface area (Å²) in [4.78, 5) is 12.1. The van der Waals surface area contributed by atoms with Crippen LogP contribution < -0.4 is 0 Å². The van der Waals surface area contributed by atoms with Gasteiger partial charge < -0.3 is 9.84 Å². The predicted molar refractivity (Wildman–Crippen MR) is 85.2 cm³/mol. The SMILES string of the molecule is CC(C)CCC(CO)(COC(=O)c1ccccc1)C(C)C. The van der Waals surface area contributed by atoms with Crippen molar-refractivity contribution in [2.75, 3.05) is 13.2 Å². The Morgan fingerprint density at radius 3 is 2.29 bits per heavy atom. The smallest absolute Gasteiger partial charge is 0.338 e. The molecule has 1 rings (SSSR count). The Morgan fingerprint density at radius 1 is 1.19 bits per heavy atom. The van der Waals surface area contributed by atoms with Gasteiger partial charge in [-0.3, -0.25) is 0 Å². The van der Waals surface area contributed by atoms with E-state index in [9.17, 15) is 9.90 Å². The topological polar surface area (TPSA) is 46.5 Å². The number of benzene rings is 1. The minimum absolute atomic E-state index is 0.0411. The molecular formula is C18H28O3. The van der Waals surface area contributed by atoms with E-state index in [1.165, 1.54) is 0 Å². The average molecular weight is 292 g/mol. The second-order valence-electron chi connectivity index (χ2n) is 6.55. The molecule has 0 aliphatic rings. The molecule has 0 saturated heterocycles. The number of carbonyl (C=O) groups is 1. The monoisotopic (exact) mass is 292 g/mol. The summed E-state index contributed by atoms with van der Waals surface area (Å²) in [7, 11) is 0. The zero-order valence-electron chi connectivity index (χ0n) is 13.6. The molecule has 0 heterocycles. The van der Waals surface area contributed by atoms with Crippen molar-refractivity contribution in [2.24, 2.45) is 17.3 Å². The Balaban J connectivity index is 2.71. The lowest BCUT2D eigenvalue weighted by Crippen LogP contribution is -2.37. The fourth-order valence-electron chi connectivity index (χ4n) is 2.28. The van der Waals surface area contributed by atoms with Gasteiger partial charge in [0.2, 0.25) is 0 Å². The number of esters is 1. The molecule has 0 aliphatic heterocycles. The Hall–Kier alpha value is -1.35. The number of hydrogen-bond acceptors (Lipinski definition) is 3. The Morgan fingerprint density at radius 2 is 1.81 bits per heavy atom. The van der Waals surface area contributed by atoms with Crippen LogP contribution in [-0.4, -0.2) is 24.3 Å². The van der Waals surface area contributed by atoms with Crippen LogP contribution in [0.3, 0.4) is 0 Å². The van der Waals surface area contributed by atoms with Gasteiger partial charge in [0.15, 0.2) is 0 Å². The van der Waals surface area contributed by atoms with Crippen molar-refractivity contribution in [2.45, 2.75) is 40.5 Å². The number of aliphatic hydroxyl groups is 1. The highest BCUT2D eigenvalue weighted by atomic mass is 16.5. The van der Waals surface area contributed by atoms with Crippen LogP contribution in [0.1, 0.15) is 50.9 Å². The van der Waals surface area contributed by atoms with Crippen LogP contribution in [0, 0.1) is 17.3 Å². The van der Waals surface area contributed by atoms with Gasteiger partial charge in [-0.25, -0.2) is 4.79 Å². The molecule has 0 amide bonds. The lowest BCUT2D eigenvalue weighted by Gasteiger charge is -2.36. The first kappa shape index (κ1) is 17.7. The molecule has 0 aliphatic carbocycles. The minimum atomic E-state index is -0.352. The Bertz CT molecular complexity index is 425. The van der Waals surface area contributed by atoms with E-state index in [0.29, 0.717) is 11.5 Å². The maximum Gasteiger partial charge on any atom is 0.338 e. The molecule has 3 nitrogen and oxygen atoms in total. The third-order valence-electron chi connectivity index (χ3n) is 4.26. The molecule has 1 aromatic carbocycles. The molecule has 0 bridgehead atoms. The first-order valence-corrected chi connectivity index (χ1v) is 7.74. The molecular weight excluding hydrogens is 264 g/mol. The third kappa shape index (κ3) is 5.16. The average Bonchev–Trinajstić information content (AvgIpc) is 2.48. The summed E-state index contributed by atoms with van der Waals surface area (Å²) in [5, 5.41) is 9.85. The lowest BCUT2D eigenvalue weighted by molar-refractivity contribution is -0.0179. The molecule has 0 saturated carbocycles. The number of hydrogen-bond donors (Lipinski definition) is 1. The van der Waals surface area contributed by atoms with E-state index in [0.717, 1.165) is 12.8 Å². The van der Waals surface area contributed by atoms with Crippen LogP contribution in [0.2, 0.25) is 0 Å². The summed E-state index contributed by atoms with van der Waals surface area (Å²) in [6.45, 7) is 8.79. The van der Waals surface area contributed by atoms with E-state index in [2.05, 4.69) is 27.7 Å². The van der Waals surface area contributed by atoms with Gasteiger partial charge in [0.1, 0.15) is 0 Å². The van der Waals surface area contributed by atoms with Gasteiger partial charge in [-0.15, -0.1) is 0 Å². The molecule has 0 spiro atoms. The van der Waals surface area contributed by atoms with Crippen LogP contribution in [0.15, 0.2) is 30.3 Å². The number of aliphatic hydroxyl groups excluding tert-OH is 1. The van der Waals surface area contributed by atoms with E-state index in [4.69, 9.17) is 4.74 Å². The highest BCUT2D eigenvalue weighted by molar-refractivity contribution is 5.89. The van der Waals surface area contributed by atoms with Crippen molar-refractivity contribution in [3.8, 4) is 0 Å². The Kier molecular flexibility index (Phi) is 6.90. The van der Waals surface area contributed by atoms with Crippen molar-refractivity contribution < 1.29 is 14.6 Å². The van der Waals surface area contributed by atoms with Crippen LogP contribution in [0.5, 0.6) is 0 Å². The highest BCUT2D eigenvalue weighted by Gasteiger charge is 2.34. The second kappa shape index (κ2) is 8.18. The normalized spacial score (nSPS) is 14.2. The van der Waals surface area contributed by atoms with E-state index in [-0.39, 0.29) is 30.5 Å². The zero-order chi connectivity index (χ0) is 15.9. The summed E-state index contributed by atoms with van der Waals surface area (Å²) >= 11 is 0. The molecule has 21 heavy (non-hydrogen) atoms. The predicted octanol–water partition coefficient (Wildman–Crippen LogP) is 3.91. The first-order chi connectivity index (χ1) is 9.91. The van der Waals surface area contributed by atoms with Gasteiger partial charge in [0, 0.05) is 5.41 Å². The summed E-state index contributed by atoms with van der Waals surface area (Å²) in [6, 6.07) is 8.98. The number of rotatable bonds is 8. The minimum Gasteiger partial charge on any atom is -0.461 e. The van der Waals surface area contributed by atoms with Crippen LogP contribution in [0.25, 0.3) is 0 Å². The fraction of sp³-hybridized carbons (Fsp3) is 0.611. The van der Waals surface area contributed by atoms with Crippen LogP contribution >= 0.6 is 0 Å². The molecule has 0 fully saturated rings. The van der Waals surface area contributed by atoms with Crippen molar-refractivity contribution in [1.82, 2.24) is 0 Å². The van der Waals surface area contributed by atoms with Crippen LogP contribution in [0.4, 0.5) is 0 Å². The standard InChI is InChI=1S/C18H28O3/c1-14(2)10-11-18(12-19,15(3)4)13-21-17(20)16-8-6-5-7-9-16/h5-9,14-15,19H,10-13H2,1-4H3. The van der Waals surface area contributed by atoms with Gasteiger partial charge in [-0.2, -0.15) is 0 Å². The van der Waals surface area contributed by atoms with Crippen LogP contribution in [-0.2, 0) is 4.74 Å². The van der Waals surface area contributed by atoms with E-state index in [1.54, 1.807) is 12.1 Å². The number of carbonyl (C=O) groups excluding carboxylic acids is 1. The fourth-order valence-corrected chi connectivity index (χ4v) is 2.28. The molecule has 118 valence electrons. The summed E-state index contributed by atoms with van der Waals surface area (Å²) in [5.41, 5.74) is 0.200. The molecule has 0 radical (unpaired) electrons. The summed E-state index contributed by atoms with van der Waals surface area (Å²) in [5.74, 6) is 0.503. The largest absolute Gasteiger partial charge is 0.461 e. The van der Waals surface area contributed by atoms with Gasteiger partial charge in [0.05, 0.1) is 18.8 Å². The van der Waals surface area contributed by atoms with Crippen molar-refractivity contribution in [1.29, 1.82) is 0 Å². The molecule has 3 heteroatoms. The summed E-state index contributed by atoms with van der Waals surface area (Å²) < 4.78 is 5.48. The van der Waals surface area contributed by atoms with Gasteiger partial charge in [0.25, 0.3) is 0 Å². The molecule has 1 aromatic rings. The quantitative estimate of drug-likeness (QED) is 0.739. The number of ether oxygens (including phenoxy) is 1. The maximum atomic E-state index is 12.1. The van der Waals surface area contributed by atoms with Gasteiger partial charge in [-0.1, -0.05) is 52.3 Å². The molecule has 1 N–H and O–H groups in total. The first-order valence-electron chi connectivity index (χ1n) is 7.74. The van der Waals surface area contributed by atoms with Gasteiger partial charge >= 0.3 is 5.97 Å². The molecule has 1 atom stereocenters. The maximum absolute atomic E-state index is 12.1. The van der Waals surface area contributed by atoms with E-state index < -0.39 is 0 Å². The lowest BCUT2D eigenvalue weighted by atomic mass is 9.74. The van der Waals surface area contributed by atoms with E-state index in [1.807, 2.05) is 18.2 Å². The zero-order valence-corrected chi connectivity index (χ0v) is 13.6. The van der Waals surface area contributed by atoms with Crippen molar-refractivity contribution >= 4 is 5.97 Å². The Labute approximate surface area is 128 Å². The second-order valence-corrected chi connectivity index (χ2v) is 6.55. The van der Waals surface area contributed by atoms with Gasteiger partial charge in [-0.05, 0) is 30.4 Å². The third-order valence-corrected chi connectivity index (χ3v) is 4.26. The molecule has 1 unspecified atom stereocenters.